The van der Waals surface area contributed by atoms with E-state index in [0.29, 0.717) is 5.02 Å². The third-order valence-electron chi connectivity index (χ3n) is 2.72. The highest BCUT2D eigenvalue weighted by Crippen LogP contribution is 2.33. The third kappa shape index (κ3) is 3.61. The Morgan fingerprint density at radius 3 is 2.75 bits per heavy atom. The van der Waals surface area contributed by atoms with E-state index in [1.807, 2.05) is 12.1 Å². The van der Waals surface area contributed by atoms with Crippen molar-refractivity contribution in [3.05, 3.63) is 35.2 Å². The summed E-state index contributed by atoms with van der Waals surface area (Å²) in [5, 5.41) is 5.65. The number of nitrogens with one attached hydrogen (secondary N) is 1. The van der Waals surface area contributed by atoms with Crippen LogP contribution in [0.5, 0.6) is 0 Å². The van der Waals surface area contributed by atoms with Crippen molar-refractivity contribution < 1.29 is 0 Å². The first-order valence-electron chi connectivity index (χ1n) is 6.62. The minimum absolute atomic E-state index is 0.640. The minimum Gasteiger partial charge on any atom is -0.370 e. The van der Waals surface area contributed by atoms with Crippen molar-refractivity contribution in [2.24, 2.45) is 0 Å². The number of hydrogen-bond donors (Lipinski definition) is 1. The molecule has 106 valence electrons. The fourth-order valence-electron chi connectivity index (χ4n) is 1.74. The lowest BCUT2D eigenvalue weighted by atomic mass is 10.2. The number of nitrogens with zero attached hydrogens (tertiary/aromatic N) is 3. The van der Waals surface area contributed by atoms with Crippen LogP contribution in [0.3, 0.4) is 0 Å². The third-order valence-corrected chi connectivity index (χ3v) is 4.20. The molecule has 0 aromatic carbocycles. The molecule has 0 radical (unpaired) electrons. The van der Waals surface area contributed by atoms with Crippen LogP contribution in [0.25, 0.3) is 0 Å². The molecule has 0 unspecified atom stereocenters. The zero-order valence-electron chi connectivity index (χ0n) is 11.6. The molecule has 0 saturated carbocycles. The van der Waals surface area contributed by atoms with Crippen LogP contribution >= 0.6 is 23.4 Å². The lowest BCUT2D eigenvalue weighted by Gasteiger charge is -2.12. The molecule has 2 aromatic rings. The molecule has 0 saturated heterocycles. The second kappa shape index (κ2) is 7.45. The van der Waals surface area contributed by atoms with E-state index in [2.05, 4.69) is 34.1 Å². The van der Waals surface area contributed by atoms with Crippen molar-refractivity contribution in [2.45, 2.75) is 36.7 Å². The van der Waals surface area contributed by atoms with Gasteiger partial charge in [0.1, 0.15) is 22.2 Å². The van der Waals surface area contributed by atoms with E-state index in [1.54, 1.807) is 12.5 Å². The van der Waals surface area contributed by atoms with E-state index >= 15 is 0 Å². The van der Waals surface area contributed by atoms with Crippen molar-refractivity contribution >= 4 is 29.2 Å². The Bertz CT molecular complexity index is 577. The molecule has 6 heteroatoms. The van der Waals surface area contributed by atoms with Crippen molar-refractivity contribution in [3.63, 3.8) is 0 Å². The van der Waals surface area contributed by atoms with Crippen molar-refractivity contribution in [2.75, 3.05) is 11.9 Å². The predicted octanol–water partition coefficient (Wildman–Crippen LogP) is 4.06. The molecule has 0 spiro atoms. The summed E-state index contributed by atoms with van der Waals surface area (Å²) in [6, 6.07) is 3.65. The topological polar surface area (TPSA) is 50.7 Å². The summed E-state index contributed by atoms with van der Waals surface area (Å²) in [5.41, 5.74) is 1.10. The van der Waals surface area contributed by atoms with Gasteiger partial charge in [-0.1, -0.05) is 25.4 Å². The predicted molar refractivity (Wildman–Crippen MR) is 83.6 cm³/mol. The molecule has 0 aliphatic carbocycles. The second-order valence-electron chi connectivity index (χ2n) is 4.18. The summed E-state index contributed by atoms with van der Waals surface area (Å²) in [6.07, 6.45) is 5.23. The smallest absolute Gasteiger partial charge is 0.133 e. The molecule has 1 N–H and O–H groups in total. The van der Waals surface area contributed by atoms with Crippen molar-refractivity contribution in [3.8, 4) is 0 Å². The molecule has 2 rings (SSSR count). The summed E-state index contributed by atoms with van der Waals surface area (Å²) in [7, 11) is 0. The summed E-state index contributed by atoms with van der Waals surface area (Å²) in [6.45, 7) is 5.13. The molecule has 0 amide bonds. The zero-order chi connectivity index (χ0) is 14.4. The second-order valence-corrected chi connectivity index (χ2v) is 5.56. The lowest BCUT2D eigenvalue weighted by molar-refractivity contribution is 0.909. The number of anilines is 1. The van der Waals surface area contributed by atoms with Gasteiger partial charge in [-0.05, 0) is 36.7 Å². The van der Waals surface area contributed by atoms with Gasteiger partial charge in [-0.3, -0.25) is 0 Å². The monoisotopic (exact) mass is 308 g/mol. The zero-order valence-corrected chi connectivity index (χ0v) is 13.1. The van der Waals surface area contributed by atoms with Gasteiger partial charge < -0.3 is 5.32 Å². The van der Waals surface area contributed by atoms with Crippen LogP contribution in [0.2, 0.25) is 5.02 Å². The summed E-state index contributed by atoms with van der Waals surface area (Å²) >= 11 is 7.63. The highest BCUT2D eigenvalue weighted by Gasteiger charge is 2.13. The van der Waals surface area contributed by atoms with Crippen LogP contribution in [0, 0.1) is 0 Å². The van der Waals surface area contributed by atoms with Gasteiger partial charge in [0.05, 0.1) is 5.02 Å². The fourth-order valence-corrected chi connectivity index (χ4v) is 2.90. The summed E-state index contributed by atoms with van der Waals surface area (Å²) in [4.78, 5) is 13.0. The molecule has 20 heavy (non-hydrogen) atoms. The van der Waals surface area contributed by atoms with E-state index in [4.69, 9.17) is 11.6 Å². The quantitative estimate of drug-likeness (QED) is 0.816. The standard InChI is InChI=1S/C14H17ClN4S/c1-3-7-16-12-10(4-2)13(19-9-18-12)20-14-11(15)6-5-8-17-14/h5-6,8-9H,3-4,7H2,1-2H3,(H,16,18,19). The van der Waals surface area contributed by atoms with Gasteiger partial charge in [-0.15, -0.1) is 0 Å². The van der Waals surface area contributed by atoms with E-state index in [9.17, 15) is 0 Å². The highest BCUT2D eigenvalue weighted by atomic mass is 35.5. The number of rotatable bonds is 6. The Balaban J connectivity index is 2.29. The minimum atomic E-state index is 0.640. The Labute approximate surface area is 128 Å². The molecule has 0 aliphatic heterocycles. The average Bonchev–Trinajstić information content (AvgIpc) is 2.47. The average molecular weight is 309 g/mol. The molecule has 0 bridgehead atoms. The molecular weight excluding hydrogens is 292 g/mol. The molecule has 0 atom stereocenters. The van der Waals surface area contributed by atoms with E-state index < -0.39 is 0 Å². The van der Waals surface area contributed by atoms with E-state index in [1.165, 1.54) is 11.8 Å². The number of hydrogen-bond acceptors (Lipinski definition) is 5. The SMILES string of the molecule is CCCNc1ncnc(Sc2ncccc2Cl)c1CC. The highest BCUT2D eigenvalue weighted by molar-refractivity contribution is 7.99. The van der Waals surface area contributed by atoms with Gasteiger partial charge in [0, 0.05) is 18.3 Å². The Morgan fingerprint density at radius 1 is 1.20 bits per heavy atom. The van der Waals surface area contributed by atoms with Crippen LogP contribution in [0.1, 0.15) is 25.8 Å². The van der Waals surface area contributed by atoms with Crippen LogP contribution in [-0.2, 0) is 6.42 Å². The maximum Gasteiger partial charge on any atom is 0.133 e. The molecule has 0 aliphatic rings. The van der Waals surface area contributed by atoms with Gasteiger partial charge in [-0.2, -0.15) is 0 Å². The van der Waals surface area contributed by atoms with Crippen molar-refractivity contribution in [1.82, 2.24) is 15.0 Å². The first-order chi connectivity index (χ1) is 9.76. The number of aromatic nitrogens is 3. The Hall–Kier alpha value is -1.33. The van der Waals surface area contributed by atoms with Crippen LogP contribution < -0.4 is 5.32 Å². The lowest BCUT2D eigenvalue weighted by Crippen LogP contribution is -2.07. The van der Waals surface area contributed by atoms with Crippen LogP contribution in [0.4, 0.5) is 5.82 Å². The number of halogens is 1. The molecule has 0 fully saturated rings. The van der Waals surface area contributed by atoms with Crippen molar-refractivity contribution in [1.29, 1.82) is 0 Å². The van der Waals surface area contributed by atoms with Gasteiger partial charge >= 0.3 is 0 Å². The first kappa shape index (κ1) is 15.1. The van der Waals surface area contributed by atoms with Gasteiger partial charge in [0.15, 0.2) is 0 Å². The van der Waals surface area contributed by atoms with Gasteiger partial charge in [0.25, 0.3) is 0 Å². The van der Waals surface area contributed by atoms with Gasteiger partial charge in [0.2, 0.25) is 0 Å². The van der Waals surface area contributed by atoms with E-state index in [0.717, 1.165) is 40.8 Å². The largest absolute Gasteiger partial charge is 0.370 e. The Kier molecular flexibility index (Phi) is 5.61. The molecule has 2 aromatic heterocycles. The molecule has 4 nitrogen and oxygen atoms in total. The van der Waals surface area contributed by atoms with E-state index in [-0.39, 0.29) is 0 Å². The Morgan fingerprint density at radius 2 is 2.05 bits per heavy atom. The normalized spacial score (nSPS) is 10.6. The summed E-state index contributed by atoms with van der Waals surface area (Å²) in [5.74, 6) is 0.902. The van der Waals surface area contributed by atoms with Crippen LogP contribution in [-0.4, -0.2) is 21.5 Å². The first-order valence-corrected chi connectivity index (χ1v) is 7.81. The maximum absolute atomic E-state index is 6.15. The molecule has 2 heterocycles. The van der Waals surface area contributed by atoms with Gasteiger partial charge in [-0.25, -0.2) is 15.0 Å². The van der Waals surface area contributed by atoms with Crippen LogP contribution in [0.15, 0.2) is 34.7 Å². The maximum atomic E-state index is 6.15. The summed E-state index contributed by atoms with van der Waals surface area (Å²) < 4.78 is 0. The fraction of sp³-hybridized carbons (Fsp3) is 0.357. The number of pyridine rings is 1. The molecular formula is C14H17ClN4S.